The molecule has 2 atom stereocenters. The van der Waals surface area contributed by atoms with Crippen molar-refractivity contribution in [2.24, 2.45) is 5.41 Å². The quantitative estimate of drug-likeness (QED) is 0.760. The molecule has 0 aromatic heterocycles. The smallest absolute Gasteiger partial charge is 0.376 e. The van der Waals surface area contributed by atoms with Gasteiger partial charge in [-0.2, -0.15) is 13.2 Å². The predicted molar refractivity (Wildman–Crippen MR) is 67.6 cm³/mol. The molecule has 0 radical (unpaired) electrons. The van der Waals surface area contributed by atoms with Crippen LogP contribution in [0.3, 0.4) is 0 Å². The molecular weight excluding hydrogens is 243 g/mol. The molecule has 0 spiro atoms. The highest BCUT2D eigenvalue weighted by atomic mass is 19.4. The molecule has 1 N–H and O–H groups in total. The van der Waals surface area contributed by atoms with Crippen LogP contribution in [0.4, 0.5) is 13.2 Å². The molecule has 0 aromatic carbocycles. The van der Waals surface area contributed by atoms with E-state index >= 15 is 0 Å². The summed E-state index contributed by atoms with van der Waals surface area (Å²) in [5.41, 5.74) is -0.0953. The molecule has 5 heteroatoms. The molecule has 110 valence electrons. The van der Waals surface area contributed by atoms with E-state index in [1.807, 2.05) is 27.7 Å². The first-order valence-corrected chi connectivity index (χ1v) is 6.47. The van der Waals surface area contributed by atoms with E-state index in [1.165, 1.54) is 0 Å². The Morgan fingerprint density at radius 3 is 2.06 bits per heavy atom. The fourth-order valence-electron chi connectivity index (χ4n) is 2.12. The predicted octanol–water partition coefficient (Wildman–Crippen LogP) is 3.76. The minimum Gasteiger partial charge on any atom is -0.376 e. The number of ether oxygens (including phenoxy) is 1. The summed E-state index contributed by atoms with van der Waals surface area (Å²) in [6.07, 6.45) is -4.28. The van der Waals surface area contributed by atoms with Crippen LogP contribution in [0, 0.1) is 5.41 Å². The zero-order valence-electron chi connectivity index (χ0n) is 12.0. The molecule has 0 bridgehead atoms. The average Bonchev–Trinajstić information content (AvgIpc) is 2.18. The normalized spacial score (nSPS) is 16.7. The maximum atomic E-state index is 12.1. The number of alkyl halides is 3. The first-order valence-electron chi connectivity index (χ1n) is 6.47. The van der Waals surface area contributed by atoms with Gasteiger partial charge in [-0.3, -0.25) is 0 Å². The van der Waals surface area contributed by atoms with Gasteiger partial charge in [-0.05, 0) is 32.2 Å². The van der Waals surface area contributed by atoms with Crippen molar-refractivity contribution in [1.82, 2.24) is 5.32 Å². The van der Waals surface area contributed by atoms with E-state index in [9.17, 15) is 13.2 Å². The number of hydrogen-bond acceptors (Lipinski definition) is 2. The van der Waals surface area contributed by atoms with E-state index in [-0.39, 0.29) is 24.0 Å². The van der Waals surface area contributed by atoms with Crippen LogP contribution in [0.1, 0.15) is 47.0 Å². The largest absolute Gasteiger partial charge is 0.389 e. The molecule has 0 saturated carbocycles. The summed E-state index contributed by atoms with van der Waals surface area (Å²) in [5.74, 6) is 0. The molecule has 0 saturated heterocycles. The van der Waals surface area contributed by atoms with Gasteiger partial charge in [0.25, 0.3) is 0 Å². The van der Waals surface area contributed by atoms with Crippen LogP contribution in [-0.2, 0) is 4.74 Å². The molecule has 18 heavy (non-hydrogen) atoms. The topological polar surface area (TPSA) is 21.3 Å². The van der Waals surface area contributed by atoms with Crippen LogP contribution in [0.2, 0.25) is 0 Å². The zero-order valence-corrected chi connectivity index (χ0v) is 12.0. The highest BCUT2D eigenvalue weighted by Gasteiger charge is 2.33. The zero-order chi connectivity index (χ0) is 14.4. The third-order valence-electron chi connectivity index (χ3n) is 2.91. The molecule has 0 aliphatic carbocycles. The van der Waals surface area contributed by atoms with E-state index < -0.39 is 12.6 Å². The Morgan fingerprint density at radius 1 is 1.17 bits per heavy atom. The summed E-state index contributed by atoms with van der Waals surface area (Å²) in [6.45, 7) is 8.60. The highest BCUT2D eigenvalue weighted by Crippen LogP contribution is 2.29. The summed E-state index contributed by atoms with van der Waals surface area (Å²) in [6, 6.07) is -0.0488. The Balaban J connectivity index is 4.43. The van der Waals surface area contributed by atoms with Crippen molar-refractivity contribution in [2.45, 2.75) is 65.3 Å². The maximum absolute atomic E-state index is 12.1. The first kappa shape index (κ1) is 17.7. The van der Waals surface area contributed by atoms with Crippen LogP contribution < -0.4 is 5.32 Å². The molecule has 0 aliphatic heterocycles. The molecule has 0 heterocycles. The SMILES string of the molecule is CCOC(C(CCCC(F)(F)F)NC)C(C)(C)C. The number of halogens is 3. The lowest BCUT2D eigenvalue weighted by molar-refractivity contribution is -0.136. The van der Waals surface area contributed by atoms with E-state index in [0.29, 0.717) is 13.0 Å². The van der Waals surface area contributed by atoms with Gasteiger partial charge in [0, 0.05) is 19.1 Å². The third-order valence-corrected chi connectivity index (χ3v) is 2.91. The summed E-state index contributed by atoms with van der Waals surface area (Å²) < 4.78 is 42.1. The molecule has 0 rings (SSSR count). The molecule has 2 nitrogen and oxygen atoms in total. The Labute approximate surface area is 108 Å². The fourth-order valence-corrected chi connectivity index (χ4v) is 2.12. The molecule has 0 amide bonds. The number of likely N-dealkylation sites (N-methyl/N-ethyl adjacent to an activating group) is 1. The Bertz CT molecular complexity index is 223. The average molecular weight is 269 g/mol. The summed E-state index contributed by atoms with van der Waals surface area (Å²) in [5, 5.41) is 3.09. The van der Waals surface area contributed by atoms with Gasteiger partial charge in [-0.25, -0.2) is 0 Å². The summed E-state index contributed by atoms with van der Waals surface area (Å²) in [4.78, 5) is 0. The van der Waals surface area contributed by atoms with Crippen molar-refractivity contribution in [1.29, 1.82) is 0 Å². The van der Waals surface area contributed by atoms with Crippen molar-refractivity contribution in [3.63, 3.8) is 0 Å². The lowest BCUT2D eigenvalue weighted by Crippen LogP contribution is -2.47. The molecule has 0 aliphatic rings. The Morgan fingerprint density at radius 2 is 1.72 bits per heavy atom. The van der Waals surface area contributed by atoms with Crippen molar-refractivity contribution >= 4 is 0 Å². The minimum atomic E-state index is -4.07. The first-order chi connectivity index (χ1) is 8.11. The van der Waals surface area contributed by atoms with Gasteiger partial charge in [0.05, 0.1) is 6.10 Å². The van der Waals surface area contributed by atoms with Crippen molar-refractivity contribution in [2.75, 3.05) is 13.7 Å². The highest BCUT2D eigenvalue weighted by molar-refractivity contribution is 4.85. The second kappa shape index (κ2) is 7.34. The fraction of sp³-hybridized carbons (Fsp3) is 1.00. The van der Waals surface area contributed by atoms with Crippen LogP contribution in [0.25, 0.3) is 0 Å². The van der Waals surface area contributed by atoms with Gasteiger partial charge in [-0.15, -0.1) is 0 Å². The lowest BCUT2D eigenvalue weighted by atomic mass is 9.82. The van der Waals surface area contributed by atoms with Crippen molar-refractivity contribution in [3.05, 3.63) is 0 Å². The molecule has 2 unspecified atom stereocenters. The van der Waals surface area contributed by atoms with Crippen LogP contribution in [0.5, 0.6) is 0 Å². The second-order valence-electron chi connectivity index (χ2n) is 5.64. The van der Waals surface area contributed by atoms with Gasteiger partial charge in [0.1, 0.15) is 0 Å². The van der Waals surface area contributed by atoms with E-state index in [4.69, 9.17) is 4.74 Å². The van der Waals surface area contributed by atoms with Gasteiger partial charge in [-0.1, -0.05) is 20.8 Å². The Hall–Kier alpha value is -0.290. The van der Waals surface area contributed by atoms with Gasteiger partial charge >= 0.3 is 6.18 Å². The summed E-state index contributed by atoms with van der Waals surface area (Å²) >= 11 is 0. The second-order valence-corrected chi connectivity index (χ2v) is 5.64. The Kier molecular flexibility index (Phi) is 7.22. The summed E-state index contributed by atoms with van der Waals surface area (Å²) in [7, 11) is 1.77. The molecular formula is C13H26F3NO. The van der Waals surface area contributed by atoms with E-state index in [2.05, 4.69) is 5.32 Å². The number of nitrogens with one attached hydrogen (secondary N) is 1. The van der Waals surface area contributed by atoms with Crippen molar-refractivity contribution in [3.8, 4) is 0 Å². The van der Waals surface area contributed by atoms with Crippen LogP contribution in [-0.4, -0.2) is 32.0 Å². The minimum absolute atomic E-state index is 0.0488. The molecule has 0 fully saturated rings. The third kappa shape index (κ3) is 7.21. The van der Waals surface area contributed by atoms with Gasteiger partial charge < -0.3 is 10.1 Å². The number of hydrogen-bond donors (Lipinski definition) is 1. The standard InChI is InChI=1S/C13H26F3NO/c1-6-18-11(12(2,3)4)10(17-5)8-7-9-13(14,15)16/h10-11,17H,6-9H2,1-5H3. The van der Waals surface area contributed by atoms with Gasteiger partial charge in [0.15, 0.2) is 0 Å². The monoisotopic (exact) mass is 269 g/mol. The van der Waals surface area contributed by atoms with Crippen LogP contribution >= 0.6 is 0 Å². The van der Waals surface area contributed by atoms with E-state index in [0.717, 1.165) is 0 Å². The van der Waals surface area contributed by atoms with Crippen LogP contribution in [0.15, 0.2) is 0 Å². The van der Waals surface area contributed by atoms with Crippen molar-refractivity contribution < 1.29 is 17.9 Å². The van der Waals surface area contributed by atoms with E-state index in [1.54, 1.807) is 7.05 Å². The maximum Gasteiger partial charge on any atom is 0.389 e. The molecule has 0 aromatic rings. The number of rotatable bonds is 7. The lowest BCUT2D eigenvalue weighted by Gasteiger charge is -2.36. The van der Waals surface area contributed by atoms with Gasteiger partial charge in [0.2, 0.25) is 0 Å².